The summed E-state index contributed by atoms with van der Waals surface area (Å²) in [6.45, 7) is 5.50. The Morgan fingerprint density at radius 3 is 2.55 bits per heavy atom. The molecule has 0 bridgehead atoms. The summed E-state index contributed by atoms with van der Waals surface area (Å²) in [4.78, 5) is 2.45. The van der Waals surface area contributed by atoms with E-state index in [1.165, 1.54) is 12.8 Å². The molecule has 1 aromatic rings. The van der Waals surface area contributed by atoms with Crippen molar-refractivity contribution < 1.29 is 9.47 Å². The number of hydrogen-bond donors (Lipinski definition) is 1. The molecular formula is C16H26N2O2. The fourth-order valence-electron chi connectivity index (χ4n) is 2.75. The summed E-state index contributed by atoms with van der Waals surface area (Å²) < 4.78 is 10.7. The van der Waals surface area contributed by atoms with Crippen LogP contribution in [0.3, 0.4) is 0 Å². The highest BCUT2D eigenvalue weighted by atomic mass is 16.5. The van der Waals surface area contributed by atoms with Gasteiger partial charge in [-0.25, -0.2) is 0 Å². The predicted octanol–water partition coefficient (Wildman–Crippen LogP) is 2.44. The van der Waals surface area contributed by atoms with Crippen LogP contribution in [0.2, 0.25) is 0 Å². The molecule has 0 amide bonds. The summed E-state index contributed by atoms with van der Waals surface area (Å²) >= 11 is 0. The molecule has 4 nitrogen and oxygen atoms in total. The van der Waals surface area contributed by atoms with Gasteiger partial charge in [-0.2, -0.15) is 0 Å². The highest BCUT2D eigenvalue weighted by Gasteiger charge is 2.20. The fourth-order valence-corrected chi connectivity index (χ4v) is 2.75. The van der Waals surface area contributed by atoms with Crippen LogP contribution in [0.4, 0.5) is 0 Å². The molecule has 1 unspecified atom stereocenters. The first-order valence-electron chi connectivity index (χ1n) is 7.34. The van der Waals surface area contributed by atoms with Gasteiger partial charge in [-0.1, -0.05) is 13.0 Å². The van der Waals surface area contributed by atoms with Gasteiger partial charge in [-0.15, -0.1) is 0 Å². The lowest BCUT2D eigenvalue weighted by atomic mass is 9.98. The van der Waals surface area contributed by atoms with E-state index in [1.54, 1.807) is 14.2 Å². The molecular weight excluding hydrogens is 252 g/mol. The lowest BCUT2D eigenvalue weighted by molar-refractivity contribution is 0.182. The average Bonchev–Trinajstić information content (AvgIpc) is 2.48. The molecule has 0 saturated carbocycles. The van der Waals surface area contributed by atoms with E-state index in [0.29, 0.717) is 0 Å². The average molecular weight is 278 g/mol. The van der Waals surface area contributed by atoms with Crippen LogP contribution in [0.25, 0.3) is 0 Å². The first-order valence-corrected chi connectivity index (χ1v) is 7.34. The summed E-state index contributed by atoms with van der Waals surface area (Å²) in [6.07, 6.45) is 2.54. The van der Waals surface area contributed by atoms with E-state index in [9.17, 15) is 0 Å². The Morgan fingerprint density at radius 1 is 1.25 bits per heavy atom. The Labute approximate surface area is 121 Å². The molecule has 1 atom stereocenters. The second-order valence-electron chi connectivity index (χ2n) is 5.70. The van der Waals surface area contributed by atoms with Gasteiger partial charge >= 0.3 is 0 Å². The molecule has 0 radical (unpaired) electrons. The maximum Gasteiger partial charge on any atom is 0.127 e. The Hall–Kier alpha value is -1.26. The van der Waals surface area contributed by atoms with Crippen molar-refractivity contribution in [2.75, 3.05) is 33.9 Å². The van der Waals surface area contributed by atoms with Gasteiger partial charge in [0, 0.05) is 24.2 Å². The minimum absolute atomic E-state index is 0.0238. The quantitative estimate of drug-likeness (QED) is 0.898. The maximum absolute atomic E-state index is 6.37. The Morgan fingerprint density at radius 2 is 1.95 bits per heavy atom. The lowest BCUT2D eigenvalue weighted by Crippen LogP contribution is -2.38. The summed E-state index contributed by atoms with van der Waals surface area (Å²) in [6, 6.07) is 5.82. The summed E-state index contributed by atoms with van der Waals surface area (Å²) in [5, 5.41) is 0. The molecule has 1 saturated heterocycles. The van der Waals surface area contributed by atoms with E-state index in [1.807, 2.05) is 18.2 Å². The normalized spacial score (nSPS) is 18.8. The van der Waals surface area contributed by atoms with Crippen molar-refractivity contribution in [3.63, 3.8) is 0 Å². The van der Waals surface area contributed by atoms with E-state index < -0.39 is 0 Å². The molecule has 0 spiro atoms. The zero-order chi connectivity index (χ0) is 14.5. The molecule has 1 fully saturated rings. The highest BCUT2D eigenvalue weighted by molar-refractivity contribution is 5.42. The number of piperidine rings is 1. The zero-order valence-corrected chi connectivity index (χ0v) is 12.8. The van der Waals surface area contributed by atoms with Crippen molar-refractivity contribution in [2.45, 2.75) is 25.8 Å². The number of nitrogens with zero attached hydrogens (tertiary/aromatic N) is 1. The Kier molecular flexibility index (Phi) is 5.26. The van der Waals surface area contributed by atoms with Gasteiger partial charge in [-0.05, 0) is 37.9 Å². The van der Waals surface area contributed by atoms with Crippen LogP contribution in [0.15, 0.2) is 18.2 Å². The van der Waals surface area contributed by atoms with Crippen molar-refractivity contribution in [1.29, 1.82) is 0 Å². The smallest absolute Gasteiger partial charge is 0.127 e. The third-order valence-corrected chi connectivity index (χ3v) is 4.17. The standard InChI is InChI=1S/C16H26N2O2/c1-12-6-8-18(9-7-12)11-15(17)14-5-4-13(19-2)10-16(14)20-3/h4-5,10,12,15H,6-9,11,17H2,1-3H3. The second kappa shape index (κ2) is 6.95. The molecule has 1 heterocycles. The van der Waals surface area contributed by atoms with E-state index >= 15 is 0 Å². The largest absolute Gasteiger partial charge is 0.497 e. The van der Waals surface area contributed by atoms with E-state index in [0.717, 1.165) is 42.6 Å². The number of methoxy groups -OCH3 is 2. The SMILES string of the molecule is COc1ccc(C(N)CN2CCC(C)CC2)c(OC)c1. The van der Waals surface area contributed by atoms with Crippen LogP contribution in [-0.2, 0) is 0 Å². The lowest BCUT2D eigenvalue weighted by Gasteiger charge is -2.32. The molecule has 1 aromatic carbocycles. The number of rotatable bonds is 5. The van der Waals surface area contributed by atoms with Crippen molar-refractivity contribution in [3.05, 3.63) is 23.8 Å². The Bertz CT molecular complexity index is 428. The monoisotopic (exact) mass is 278 g/mol. The molecule has 112 valence electrons. The van der Waals surface area contributed by atoms with E-state index in [2.05, 4.69) is 11.8 Å². The topological polar surface area (TPSA) is 47.7 Å². The predicted molar refractivity (Wildman–Crippen MR) is 81.3 cm³/mol. The van der Waals surface area contributed by atoms with Gasteiger partial charge in [0.15, 0.2) is 0 Å². The fraction of sp³-hybridized carbons (Fsp3) is 0.625. The number of likely N-dealkylation sites (tertiary alicyclic amines) is 1. The number of nitrogens with two attached hydrogens (primary N) is 1. The van der Waals surface area contributed by atoms with Gasteiger partial charge in [0.25, 0.3) is 0 Å². The van der Waals surface area contributed by atoms with Gasteiger partial charge < -0.3 is 20.1 Å². The maximum atomic E-state index is 6.37. The molecule has 2 rings (SSSR count). The molecule has 1 aliphatic rings. The molecule has 1 aliphatic heterocycles. The minimum Gasteiger partial charge on any atom is -0.497 e. The van der Waals surface area contributed by atoms with Crippen LogP contribution < -0.4 is 15.2 Å². The summed E-state index contributed by atoms with van der Waals surface area (Å²) in [5.74, 6) is 2.45. The first-order chi connectivity index (χ1) is 9.63. The van der Waals surface area contributed by atoms with E-state index in [-0.39, 0.29) is 6.04 Å². The molecule has 0 aliphatic carbocycles. The van der Waals surface area contributed by atoms with Gasteiger partial charge in [0.05, 0.1) is 14.2 Å². The van der Waals surface area contributed by atoms with E-state index in [4.69, 9.17) is 15.2 Å². The van der Waals surface area contributed by atoms with Crippen LogP contribution in [-0.4, -0.2) is 38.8 Å². The van der Waals surface area contributed by atoms with Crippen LogP contribution in [0.1, 0.15) is 31.4 Å². The molecule has 2 N–H and O–H groups in total. The molecule has 0 aromatic heterocycles. The van der Waals surface area contributed by atoms with Crippen LogP contribution in [0, 0.1) is 5.92 Å². The molecule has 20 heavy (non-hydrogen) atoms. The van der Waals surface area contributed by atoms with Crippen molar-refractivity contribution in [2.24, 2.45) is 11.7 Å². The highest BCUT2D eigenvalue weighted by Crippen LogP contribution is 2.29. The van der Waals surface area contributed by atoms with Crippen molar-refractivity contribution >= 4 is 0 Å². The van der Waals surface area contributed by atoms with Gasteiger partial charge in [0.1, 0.15) is 11.5 Å². The summed E-state index contributed by atoms with van der Waals surface area (Å²) in [7, 11) is 3.33. The van der Waals surface area contributed by atoms with Crippen LogP contribution in [0.5, 0.6) is 11.5 Å². The van der Waals surface area contributed by atoms with Gasteiger partial charge in [-0.3, -0.25) is 0 Å². The number of ether oxygens (including phenoxy) is 2. The summed E-state index contributed by atoms with van der Waals surface area (Å²) in [5.41, 5.74) is 7.41. The third-order valence-electron chi connectivity index (χ3n) is 4.17. The zero-order valence-electron chi connectivity index (χ0n) is 12.8. The number of benzene rings is 1. The second-order valence-corrected chi connectivity index (χ2v) is 5.70. The van der Waals surface area contributed by atoms with Crippen molar-refractivity contribution in [1.82, 2.24) is 4.90 Å². The Balaban J connectivity index is 2.03. The molecule has 4 heteroatoms. The first kappa shape index (κ1) is 15.1. The van der Waals surface area contributed by atoms with Gasteiger partial charge in [0.2, 0.25) is 0 Å². The minimum atomic E-state index is -0.0238. The van der Waals surface area contributed by atoms with Crippen LogP contribution >= 0.6 is 0 Å². The number of hydrogen-bond acceptors (Lipinski definition) is 4. The van der Waals surface area contributed by atoms with Crippen molar-refractivity contribution in [3.8, 4) is 11.5 Å². The third kappa shape index (κ3) is 3.64.